The summed E-state index contributed by atoms with van der Waals surface area (Å²) in [5, 5.41) is 0. The molecule has 0 bridgehead atoms. The van der Waals surface area contributed by atoms with Gasteiger partial charge < -0.3 is 9.47 Å². The topological polar surface area (TPSA) is 52.6 Å². The van der Waals surface area contributed by atoms with Crippen LogP contribution in [0.1, 0.15) is 163 Å². The molecule has 0 fully saturated rings. The lowest BCUT2D eigenvalue weighted by atomic mass is 9.86. The Kier molecular flexibility index (Phi) is 22.6. The summed E-state index contributed by atoms with van der Waals surface area (Å²) in [4.78, 5) is 23.7. The Morgan fingerprint density at radius 3 is 1.43 bits per heavy atom. The molecule has 0 amide bonds. The molecule has 0 aliphatic carbocycles. The van der Waals surface area contributed by atoms with E-state index in [2.05, 4.69) is 34.6 Å². The SMILES string of the molecule is CCCCCCCCCCCCCCCCCCOC(=O)CCCC(=O)OCC(C)CC(C)(C)C. The first-order valence-corrected chi connectivity index (χ1v) is 15.1. The molecule has 0 saturated carbocycles. The highest BCUT2D eigenvalue weighted by molar-refractivity contribution is 5.72. The lowest BCUT2D eigenvalue weighted by Gasteiger charge is -2.22. The van der Waals surface area contributed by atoms with Crippen LogP contribution in [0.5, 0.6) is 0 Å². The molecule has 0 heterocycles. The smallest absolute Gasteiger partial charge is 0.305 e. The van der Waals surface area contributed by atoms with Crippen LogP contribution in [-0.4, -0.2) is 25.2 Å². The highest BCUT2D eigenvalue weighted by Gasteiger charge is 2.16. The van der Waals surface area contributed by atoms with E-state index in [4.69, 9.17) is 9.47 Å². The maximum Gasteiger partial charge on any atom is 0.305 e. The van der Waals surface area contributed by atoms with Crippen LogP contribution in [-0.2, 0) is 19.1 Å². The van der Waals surface area contributed by atoms with E-state index in [0.29, 0.717) is 32.0 Å². The predicted octanol–water partition coefficient (Wildman–Crippen LogP) is 9.58. The summed E-state index contributed by atoms with van der Waals surface area (Å²) in [7, 11) is 0. The van der Waals surface area contributed by atoms with Gasteiger partial charge in [0.05, 0.1) is 13.2 Å². The van der Waals surface area contributed by atoms with Crippen LogP contribution >= 0.6 is 0 Å². The van der Waals surface area contributed by atoms with Crippen LogP contribution in [0.3, 0.4) is 0 Å². The van der Waals surface area contributed by atoms with Gasteiger partial charge in [-0.1, -0.05) is 131 Å². The molecule has 4 heteroatoms. The molecule has 1 atom stereocenters. The summed E-state index contributed by atoms with van der Waals surface area (Å²) >= 11 is 0. The van der Waals surface area contributed by atoms with Crippen molar-refractivity contribution in [1.82, 2.24) is 0 Å². The van der Waals surface area contributed by atoms with Crippen molar-refractivity contribution in [1.29, 1.82) is 0 Å². The van der Waals surface area contributed by atoms with Crippen molar-refractivity contribution >= 4 is 11.9 Å². The number of carbonyl (C=O) groups excluding carboxylic acids is 2. The average Bonchev–Trinajstić information content (AvgIpc) is 2.78. The van der Waals surface area contributed by atoms with Gasteiger partial charge in [0.25, 0.3) is 0 Å². The van der Waals surface area contributed by atoms with Gasteiger partial charge in [-0.25, -0.2) is 0 Å². The molecule has 0 aromatic rings. The number of esters is 2. The van der Waals surface area contributed by atoms with Gasteiger partial charge in [0, 0.05) is 12.8 Å². The molecule has 1 unspecified atom stereocenters. The Morgan fingerprint density at radius 2 is 1.00 bits per heavy atom. The number of unbranched alkanes of at least 4 members (excludes halogenated alkanes) is 15. The van der Waals surface area contributed by atoms with E-state index < -0.39 is 0 Å². The summed E-state index contributed by atoms with van der Waals surface area (Å²) in [5.74, 6) is -0.0557. The standard InChI is InChI=1S/C31H60O4/c1-6-7-8-9-10-11-12-13-14-15-16-17-18-19-20-21-25-34-29(32)23-22-24-30(33)35-27-28(2)26-31(3,4)5/h28H,6-27H2,1-5H3. The van der Waals surface area contributed by atoms with Gasteiger partial charge >= 0.3 is 11.9 Å². The molecule has 0 aliphatic heterocycles. The summed E-state index contributed by atoms with van der Waals surface area (Å²) in [6.07, 6.45) is 23.5. The van der Waals surface area contributed by atoms with E-state index >= 15 is 0 Å². The zero-order valence-electron chi connectivity index (χ0n) is 24.3. The summed E-state index contributed by atoms with van der Waals surface area (Å²) < 4.78 is 10.6. The molecule has 0 saturated heterocycles. The molecule has 0 spiro atoms. The average molecular weight is 497 g/mol. The minimum absolute atomic E-state index is 0.195. The van der Waals surface area contributed by atoms with Crippen molar-refractivity contribution < 1.29 is 19.1 Å². The first kappa shape index (κ1) is 33.9. The van der Waals surface area contributed by atoms with Crippen molar-refractivity contribution in [3.05, 3.63) is 0 Å². The van der Waals surface area contributed by atoms with Crippen LogP contribution in [0, 0.1) is 11.3 Å². The molecular formula is C31H60O4. The van der Waals surface area contributed by atoms with Gasteiger partial charge in [-0.05, 0) is 30.6 Å². The van der Waals surface area contributed by atoms with Crippen LogP contribution in [0.15, 0.2) is 0 Å². The normalized spacial score (nSPS) is 12.5. The van der Waals surface area contributed by atoms with E-state index in [9.17, 15) is 9.59 Å². The van der Waals surface area contributed by atoms with Crippen LogP contribution < -0.4 is 0 Å². The van der Waals surface area contributed by atoms with Gasteiger partial charge in [-0.15, -0.1) is 0 Å². The Bertz CT molecular complexity index is 495. The van der Waals surface area contributed by atoms with E-state index in [1.807, 2.05) is 0 Å². The molecule has 4 nitrogen and oxygen atoms in total. The van der Waals surface area contributed by atoms with Crippen molar-refractivity contribution in [2.75, 3.05) is 13.2 Å². The minimum Gasteiger partial charge on any atom is -0.466 e. The number of ether oxygens (including phenoxy) is 2. The molecule has 0 aromatic carbocycles. The van der Waals surface area contributed by atoms with Crippen molar-refractivity contribution in [3.63, 3.8) is 0 Å². The fraction of sp³-hybridized carbons (Fsp3) is 0.935. The molecular weight excluding hydrogens is 436 g/mol. The summed E-state index contributed by atoms with van der Waals surface area (Å²) in [5.41, 5.74) is 0.238. The second kappa shape index (κ2) is 23.3. The third kappa shape index (κ3) is 27.4. The van der Waals surface area contributed by atoms with Crippen molar-refractivity contribution in [2.45, 2.75) is 163 Å². The molecule has 0 rings (SSSR count). The maximum atomic E-state index is 11.8. The van der Waals surface area contributed by atoms with Gasteiger partial charge in [0.1, 0.15) is 0 Å². The fourth-order valence-corrected chi connectivity index (χ4v) is 4.70. The molecule has 0 aliphatic rings. The Hall–Kier alpha value is -1.06. The van der Waals surface area contributed by atoms with Gasteiger partial charge in [0.15, 0.2) is 0 Å². The van der Waals surface area contributed by atoms with Crippen molar-refractivity contribution in [3.8, 4) is 0 Å². The van der Waals surface area contributed by atoms with Crippen molar-refractivity contribution in [2.24, 2.45) is 11.3 Å². The summed E-state index contributed by atoms with van der Waals surface area (Å²) in [6.45, 7) is 11.9. The first-order chi connectivity index (χ1) is 16.7. The van der Waals surface area contributed by atoms with E-state index in [1.54, 1.807) is 0 Å². The largest absolute Gasteiger partial charge is 0.466 e. The first-order valence-electron chi connectivity index (χ1n) is 15.1. The van der Waals surface area contributed by atoms with Crippen LogP contribution in [0.25, 0.3) is 0 Å². The highest BCUT2D eigenvalue weighted by Crippen LogP contribution is 2.24. The highest BCUT2D eigenvalue weighted by atomic mass is 16.5. The van der Waals surface area contributed by atoms with Crippen LogP contribution in [0.2, 0.25) is 0 Å². The molecule has 0 aromatic heterocycles. The van der Waals surface area contributed by atoms with Gasteiger partial charge in [-0.3, -0.25) is 9.59 Å². The van der Waals surface area contributed by atoms with E-state index in [-0.39, 0.29) is 23.8 Å². The number of hydrogen-bond donors (Lipinski definition) is 0. The molecule has 0 radical (unpaired) electrons. The number of hydrogen-bond acceptors (Lipinski definition) is 4. The van der Waals surface area contributed by atoms with Crippen LogP contribution in [0.4, 0.5) is 0 Å². The molecule has 0 N–H and O–H groups in total. The second-order valence-corrected chi connectivity index (χ2v) is 11.9. The fourth-order valence-electron chi connectivity index (χ4n) is 4.70. The van der Waals surface area contributed by atoms with Gasteiger partial charge in [-0.2, -0.15) is 0 Å². The lowest BCUT2D eigenvalue weighted by molar-refractivity contribution is -0.146. The number of rotatable bonds is 24. The molecule has 208 valence electrons. The Balaban J connectivity index is 3.35. The third-order valence-corrected chi connectivity index (χ3v) is 6.51. The maximum absolute atomic E-state index is 11.8. The summed E-state index contributed by atoms with van der Waals surface area (Å²) in [6, 6.07) is 0. The number of carbonyl (C=O) groups is 2. The second-order valence-electron chi connectivity index (χ2n) is 11.9. The monoisotopic (exact) mass is 496 g/mol. The molecule has 35 heavy (non-hydrogen) atoms. The lowest BCUT2D eigenvalue weighted by Crippen LogP contribution is -2.17. The minimum atomic E-state index is -0.212. The quantitative estimate of drug-likeness (QED) is 0.0985. The van der Waals surface area contributed by atoms with E-state index in [1.165, 1.54) is 89.9 Å². The zero-order valence-corrected chi connectivity index (χ0v) is 24.3. The van der Waals surface area contributed by atoms with E-state index in [0.717, 1.165) is 19.3 Å². The third-order valence-electron chi connectivity index (χ3n) is 6.51. The predicted molar refractivity (Wildman–Crippen MR) is 149 cm³/mol. The Morgan fingerprint density at radius 1 is 0.600 bits per heavy atom. The van der Waals surface area contributed by atoms with Gasteiger partial charge in [0.2, 0.25) is 0 Å². The Labute approximate surface area is 218 Å². The zero-order chi connectivity index (χ0) is 26.2.